The van der Waals surface area contributed by atoms with Gasteiger partial charge < -0.3 is 15.0 Å². The number of amides is 3. The number of nitrogens with one attached hydrogen (secondary N) is 1. The zero-order valence-electron chi connectivity index (χ0n) is 19.5. The molecule has 9 heteroatoms. The maximum atomic E-state index is 14.2. The van der Waals surface area contributed by atoms with E-state index >= 15 is 0 Å². The number of ether oxygens (including phenoxy) is 1. The summed E-state index contributed by atoms with van der Waals surface area (Å²) in [6.45, 7) is 10.9. The molecule has 0 fully saturated rings. The van der Waals surface area contributed by atoms with Crippen LogP contribution in [0.5, 0.6) is 5.75 Å². The average molecular weight is 479 g/mol. The smallest absolute Gasteiger partial charge is 0.271 e. The van der Waals surface area contributed by atoms with Gasteiger partial charge in [-0.25, -0.2) is 0 Å². The molecule has 0 radical (unpaired) electrons. The Balaban J connectivity index is 1.85. The van der Waals surface area contributed by atoms with E-state index in [4.69, 9.17) is 4.74 Å². The highest BCUT2D eigenvalue weighted by Crippen LogP contribution is 2.56. The quantitative estimate of drug-likeness (QED) is 0.664. The van der Waals surface area contributed by atoms with Crippen molar-refractivity contribution in [1.82, 2.24) is 10.3 Å². The fourth-order valence-corrected chi connectivity index (χ4v) is 5.70. The first-order valence-corrected chi connectivity index (χ1v) is 11.6. The van der Waals surface area contributed by atoms with Gasteiger partial charge in [-0.3, -0.25) is 14.4 Å². The molecule has 8 nitrogen and oxygen atoms in total. The molecule has 0 bridgehead atoms. The van der Waals surface area contributed by atoms with Crippen LogP contribution in [0.25, 0.3) is 0 Å². The van der Waals surface area contributed by atoms with Crippen LogP contribution in [0.1, 0.15) is 36.1 Å². The van der Waals surface area contributed by atoms with Gasteiger partial charge in [-0.15, -0.1) is 5.10 Å². The third-order valence-corrected chi connectivity index (χ3v) is 6.83. The third-order valence-electron chi connectivity index (χ3n) is 5.59. The molecule has 2 aliphatic rings. The van der Waals surface area contributed by atoms with E-state index in [1.54, 1.807) is 11.0 Å². The second-order valence-electron chi connectivity index (χ2n) is 8.24. The molecule has 0 saturated carbocycles. The number of carbonyl (C=O) groups is 3. The van der Waals surface area contributed by atoms with Crippen LogP contribution in [0.3, 0.4) is 0 Å². The SMILES string of the molecule is C=CCOc1ccccc1CN1C(=O)C2(SC(NC(C)=O)=NN2C(C)=O)c2cc(C)cc(C)c21. The van der Waals surface area contributed by atoms with Gasteiger partial charge in [0.25, 0.3) is 5.91 Å². The Labute approximate surface area is 202 Å². The fraction of sp³-hybridized carbons (Fsp3) is 0.280. The molecule has 0 aromatic heterocycles. The lowest BCUT2D eigenvalue weighted by Gasteiger charge is -2.29. The van der Waals surface area contributed by atoms with Crippen molar-refractivity contribution < 1.29 is 19.1 Å². The molecule has 34 heavy (non-hydrogen) atoms. The number of amidine groups is 1. The number of fused-ring (bicyclic) bond motifs is 2. The number of carbonyl (C=O) groups excluding carboxylic acids is 3. The predicted molar refractivity (Wildman–Crippen MR) is 132 cm³/mol. The lowest BCUT2D eigenvalue weighted by atomic mass is 10.0. The number of hydrogen-bond acceptors (Lipinski definition) is 6. The lowest BCUT2D eigenvalue weighted by molar-refractivity contribution is -0.139. The number of thioether (sulfide) groups is 1. The maximum absolute atomic E-state index is 14.2. The molecule has 2 aromatic carbocycles. The predicted octanol–water partition coefficient (Wildman–Crippen LogP) is 3.57. The highest BCUT2D eigenvalue weighted by molar-refractivity contribution is 8.15. The van der Waals surface area contributed by atoms with Gasteiger partial charge in [0.15, 0.2) is 5.17 Å². The molecule has 2 aliphatic heterocycles. The van der Waals surface area contributed by atoms with Gasteiger partial charge in [-0.1, -0.05) is 48.6 Å². The van der Waals surface area contributed by atoms with Gasteiger partial charge in [-0.05, 0) is 37.2 Å². The van der Waals surface area contributed by atoms with Crippen LogP contribution in [0.15, 0.2) is 54.2 Å². The van der Waals surface area contributed by atoms with Crippen LogP contribution in [-0.2, 0) is 25.8 Å². The Bertz CT molecular complexity index is 1240. The molecule has 3 amide bonds. The largest absolute Gasteiger partial charge is 0.489 e. The van der Waals surface area contributed by atoms with Crippen molar-refractivity contribution >= 4 is 40.3 Å². The molecule has 1 atom stereocenters. The summed E-state index contributed by atoms with van der Waals surface area (Å²) in [4.78, 5) is 38.8. The zero-order valence-corrected chi connectivity index (χ0v) is 20.4. The van der Waals surface area contributed by atoms with Crippen molar-refractivity contribution in [3.8, 4) is 5.75 Å². The number of rotatable bonds is 5. The van der Waals surface area contributed by atoms with Crippen molar-refractivity contribution in [1.29, 1.82) is 0 Å². The molecular weight excluding hydrogens is 452 g/mol. The molecule has 2 aromatic rings. The number of hydrazone groups is 1. The summed E-state index contributed by atoms with van der Waals surface area (Å²) < 4.78 is 5.81. The molecule has 4 rings (SSSR count). The van der Waals surface area contributed by atoms with Crippen molar-refractivity contribution in [2.75, 3.05) is 11.5 Å². The number of para-hydroxylation sites is 1. The molecule has 1 unspecified atom stereocenters. The van der Waals surface area contributed by atoms with E-state index in [-0.39, 0.29) is 23.5 Å². The molecule has 1 spiro atoms. The van der Waals surface area contributed by atoms with Gasteiger partial charge in [0, 0.05) is 25.0 Å². The minimum absolute atomic E-state index is 0.206. The monoisotopic (exact) mass is 478 g/mol. The first-order valence-electron chi connectivity index (χ1n) is 10.8. The molecule has 0 saturated heterocycles. The normalized spacial score (nSPS) is 18.7. The van der Waals surface area contributed by atoms with Crippen LogP contribution in [0.4, 0.5) is 5.69 Å². The number of hydrogen-bond donors (Lipinski definition) is 1. The maximum Gasteiger partial charge on any atom is 0.271 e. The highest BCUT2D eigenvalue weighted by Gasteiger charge is 2.61. The Morgan fingerprint density at radius 2 is 1.97 bits per heavy atom. The lowest BCUT2D eigenvalue weighted by Crippen LogP contribution is -2.48. The van der Waals surface area contributed by atoms with Crippen LogP contribution < -0.4 is 15.0 Å². The molecule has 176 valence electrons. The fourth-order valence-electron chi connectivity index (χ4n) is 4.38. The van der Waals surface area contributed by atoms with Gasteiger partial charge in [0.2, 0.25) is 16.7 Å². The minimum atomic E-state index is -1.44. The Kier molecular flexibility index (Phi) is 6.22. The van der Waals surface area contributed by atoms with Crippen LogP contribution in [0, 0.1) is 13.8 Å². The van der Waals surface area contributed by atoms with Crippen LogP contribution >= 0.6 is 11.8 Å². The topological polar surface area (TPSA) is 91.3 Å². The number of nitrogens with zero attached hydrogens (tertiary/aromatic N) is 3. The van der Waals surface area contributed by atoms with Crippen LogP contribution in [0.2, 0.25) is 0 Å². The van der Waals surface area contributed by atoms with E-state index in [2.05, 4.69) is 17.0 Å². The van der Waals surface area contributed by atoms with E-state index in [9.17, 15) is 14.4 Å². The number of benzene rings is 2. The number of anilines is 1. The van der Waals surface area contributed by atoms with Crippen molar-refractivity contribution in [3.05, 3.63) is 71.3 Å². The summed E-state index contributed by atoms with van der Waals surface area (Å²) in [6.07, 6.45) is 1.66. The zero-order chi connectivity index (χ0) is 24.6. The van der Waals surface area contributed by atoms with Gasteiger partial charge in [-0.2, -0.15) is 5.01 Å². The Hall–Kier alpha value is -3.59. The summed E-state index contributed by atoms with van der Waals surface area (Å²) in [7, 11) is 0. The molecule has 1 N–H and O–H groups in total. The number of aryl methyl sites for hydroxylation is 2. The molecular formula is C25H26N4O4S. The Morgan fingerprint density at radius 3 is 2.65 bits per heavy atom. The third kappa shape index (κ3) is 3.86. The minimum Gasteiger partial charge on any atom is -0.489 e. The van der Waals surface area contributed by atoms with E-state index in [1.807, 2.05) is 50.2 Å². The van der Waals surface area contributed by atoms with E-state index in [0.29, 0.717) is 17.9 Å². The Morgan fingerprint density at radius 1 is 1.24 bits per heavy atom. The van der Waals surface area contributed by atoms with Gasteiger partial charge in [0.05, 0.1) is 12.2 Å². The second kappa shape index (κ2) is 8.98. The first kappa shape index (κ1) is 23.6. The first-order chi connectivity index (χ1) is 16.2. The molecule has 0 aliphatic carbocycles. The summed E-state index contributed by atoms with van der Waals surface area (Å²) in [5, 5.41) is 8.34. The van der Waals surface area contributed by atoms with Crippen LogP contribution in [-0.4, -0.2) is 34.5 Å². The van der Waals surface area contributed by atoms with Crippen molar-refractivity contribution in [2.24, 2.45) is 5.10 Å². The van der Waals surface area contributed by atoms with Crippen molar-refractivity contribution in [3.63, 3.8) is 0 Å². The summed E-state index contributed by atoms with van der Waals surface area (Å²) in [5.41, 5.74) is 4.08. The summed E-state index contributed by atoms with van der Waals surface area (Å²) >= 11 is 1.07. The second-order valence-corrected chi connectivity index (χ2v) is 9.42. The summed E-state index contributed by atoms with van der Waals surface area (Å²) in [6, 6.07) is 11.4. The van der Waals surface area contributed by atoms with Crippen molar-refractivity contribution in [2.45, 2.75) is 39.1 Å². The van der Waals surface area contributed by atoms with E-state index in [0.717, 1.165) is 34.1 Å². The highest BCUT2D eigenvalue weighted by atomic mass is 32.2. The summed E-state index contributed by atoms with van der Waals surface area (Å²) in [5.74, 6) is -0.384. The molecule has 2 heterocycles. The van der Waals surface area contributed by atoms with Gasteiger partial charge in [0.1, 0.15) is 12.4 Å². The average Bonchev–Trinajstić information content (AvgIpc) is 3.25. The van der Waals surface area contributed by atoms with Gasteiger partial charge >= 0.3 is 0 Å². The standard InChI is InChI=1S/C25H26N4O4S/c1-6-11-33-21-10-8-7-9-19(21)14-28-22-16(3)12-15(2)13-20(22)25(23(28)32)29(18(5)31)27-24(34-25)26-17(4)30/h6-10,12-13H,1,11,14H2,2-5H3,(H,26,27,30). The van der Waals surface area contributed by atoms with E-state index in [1.165, 1.54) is 18.9 Å². The van der Waals surface area contributed by atoms with E-state index < -0.39 is 10.8 Å².